The summed E-state index contributed by atoms with van der Waals surface area (Å²) in [5.41, 5.74) is 0. The van der Waals surface area contributed by atoms with E-state index in [0.717, 1.165) is 19.8 Å². The van der Waals surface area contributed by atoms with Gasteiger partial charge in [-0.15, -0.1) is 12.4 Å². The van der Waals surface area contributed by atoms with Crippen LogP contribution in [0.2, 0.25) is 0 Å². The standard InChI is InChI=1S/C5H10N2.ClH/c1-2-7-4-3-6-5-7;/h2,6H,1,3-5H2;1H. The first-order valence-corrected chi connectivity index (χ1v) is 2.51. The van der Waals surface area contributed by atoms with Crippen LogP contribution in [0.3, 0.4) is 0 Å². The summed E-state index contributed by atoms with van der Waals surface area (Å²) in [7, 11) is 0. The van der Waals surface area contributed by atoms with E-state index >= 15 is 0 Å². The van der Waals surface area contributed by atoms with Crippen molar-refractivity contribution in [2.45, 2.75) is 0 Å². The zero-order valence-corrected chi connectivity index (χ0v) is 5.58. The smallest absolute Gasteiger partial charge is 0.0677 e. The van der Waals surface area contributed by atoms with E-state index < -0.39 is 0 Å². The van der Waals surface area contributed by atoms with Gasteiger partial charge >= 0.3 is 0 Å². The fraction of sp³-hybridized carbons (Fsp3) is 0.600. The molecule has 1 fully saturated rings. The van der Waals surface area contributed by atoms with Gasteiger partial charge in [0.15, 0.2) is 0 Å². The highest BCUT2D eigenvalue weighted by molar-refractivity contribution is 5.85. The Hall–Kier alpha value is -0.210. The maximum atomic E-state index is 3.63. The van der Waals surface area contributed by atoms with Crippen LogP contribution in [0.15, 0.2) is 12.8 Å². The highest BCUT2D eigenvalue weighted by atomic mass is 35.5. The van der Waals surface area contributed by atoms with Crippen LogP contribution in [-0.2, 0) is 0 Å². The third-order valence-electron chi connectivity index (χ3n) is 1.15. The van der Waals surface area contributed by atoms with E-state index in [-0.39, 0.29) is 12.4 Å². The molecule has 48 valence electrons. The third kappa shape index (κ3) is 1.72. The minimum absolute atomic E-state index is 0. The van der Waals surface area contributed by atoms with Gasteiger partial charge in [-0.3, -0.25) is 5.32 Å². The molecule has 1 aliphatic rings. The molecule has 0 atom stereocenters. The molecule has 0 saturated carbocycles. The predicted octanol–water partition coefficient (Wildman–Crippen LogP) is 0.414. The summed E-state index contributed by atoms with van der Waals surface area (Å²) >= 11 is 0. The number of nitrogens with one attached hydrogen (secondary N) is 1. The second-order valence-electron chi connectivity index (χ2n) is 1.65. The van der Waals surface area contributed by atoms with Gasteiger partial charge in [0.05, 0.1) is 6.67 Å². The Bertz CT molecular complexity index is 68.8. The van der Waals surface area contributed by atoms with Crippen LogP contribution in [0.1, 0.15) is 0 Å². The Morgan fingerprint density at radius 3 is 2.62 bits per heavy atom. The van der Waals surface area contributed by atoms with Crippen molar-refractivity contribution in [3.8, 4) is 0 Å². The average Bonchev–Trinajstić information content (AvgIpc) is 2.14. The lowest BCUT2D eigenvalue weighted by Gasteiger charge is -2.06. The summed E-state index contributed by atoms with van der Waals surface area (Å²) in [4.78, 5) is 2.14. The Labute approximate surface area is 56.0 Å². The highest BCUT2D eigenvalue weighted by Gasteiger charge is 2.02. The van der Waals surface area contributed by atoms with E-state index in [0.29, 0.717) is 0 Å². The fourth-order valence-corrected chi connectivity index (χ4v) is 0.680. The average molecular weight is 135 g/mol. The van der Waals surface area contributed by atoms with Crippen LogP contribution in [0.25, 0.3) is 0 Å². The molecule has 0 radical (unpaired) electrons. The van der Waals surface area contributed by atoms with Gasteiger partial charge in [0.1, 0.15) is 0 Å². The van der Waals surface area contributed by atoms with Crippen molar-refractivity contribution in [3.05, 3.63) is 12.8 Å². The van der Waals surface area contributed by atoms with Gasteiger partial charge in [0.25, 0.3) is 0 Å². The number of rotatable bonds is 1. The van der Waals surface area contributed by atoms with E-state index in [9.17, 15) is 0 Å². The SMILES string of the molecule is C=CN1CCNC1.Cl. The maximum absolute atomic E-state index is 3.63. The third-order valence-corrected chi connectivity index (χ3v) is 1.15. The molecular formula is C5H11ClN2. The lowest BCUT2D eigenvalue weighted by atomic mass is 10.6. The van der Waals surface area contributed by atoms with Crippen LogP contribution in [0.4, 0.5) is 0 Å². The van der Waals surface area contributed by atoms with Crippen molar-refractivity contribution in [1.29, 1.82) is 0 Å². The number of hydrogen-bond donors (Lipinski definition) is 1. The monoisotopic (exact) mass is 134 g/mol. The molecular weight excluding hydrogens is 124 g/mol. The van der Waals surface area contributed by atoms with Crippen molar-refractivity contribution in [3.63, 3.8) is 0 Å². The van der Waals surface area contributed by atoms with Crippen LogP contribution in [0, 0.1) is 0 Å². The van der Waals surface area contributed by atoms with Gasteiger partial charge in [-0.1, -0.05) is 6.58 Å². The lowest BCUT2D eigenvalue weighted by Crippen LogP contribution is -2.14. The Morgan fingerprint density at radius 1 is 1.62 bits per heavy atom. The molecule has 0 bridgehead atoms. The first-order valence-electron chi connectivity index (χ1n) is 2.51. The summed E-state index contributed by atoms with van der Waals surface area (Å²) in [5.74, 6) is 0. The summed E-state index contributed by atoms with van der Waals surface area (Å²) in [6.45, 7) is 6.82. The number of halogens is 1. The molecule has 0 aromatic carbocycles. The Morgan fingerprint density at radius 2 is 2.38 bits per heavy atom. The highest BCUT2D eigenvalue weighted by Crippen LogP contribution is 1.89. The molecule has 2 nitrogen and oxygen atoms in total. The molecule has 0 aromatic heterocycles. The van der Waals surface area contributed by atoms with Crippen molar-refractivity contribution in [1.82, 2.24) is 10.2 Å². The molecule has 1 saturated heterocycles. The first kappa shape index (κ1) is 7.79. The summed E-state index contributed by atoms with van der Waals surface area (Å²) < 4.78 is 0. The van der Waals surface area contributed by atoms with Crippen molar-refractivity contribution in [2.24, 2.45) is 0 Å². The van der Waals surface area contributed by atoms with Gasteiger partial charge in [0.2, 0.25) is 0 Å². The van der Waals surface area contributed by atoms with Crippen LogP contribution in [0.5, 0.6) is 0 Å². The number of nitrogens with zero attached hydrogens (tertiary/aromatic N) is 1. The normalized spacial score (nSPS) is 17.8. The predicted molar refractivity (Wildman–Crippen MR) is 37.0 cm³/mol. The summed E-state index contributed by atoms with van der Waals surface area (Å²) in [6.07, 6.45) is 1.86. The quantitative estimate of drug-likeness (QED) is 0.559. The second kappa shape index (κ2) is 3.75. The topological polar surface area (TPSA) is 15.3 Å². The minimum atomic E-state index is 0. The zero-order valence-electron chi connectivity index (χ0n) is 4.76. The van der Waals surface area contributed by atoms with E-state index in [2.05, 4.69) is 16.8 Å². The first-order chi connectivity index (χ1) is 3.43. The van der Waals surface area contributed by atoms with Gasteiger partial charge < -0.3 is 4.90 Å². The molecule has 0 aliphatic carbocycles. The van der Waals surface area contributed by atoms with E-state index in [4.69, 9.17) is 0 Å². The zero-order chi connectivity index (χ0) is 5.11. The van der Waals surface area contributed by atoms with Gasteiger partial charge in [-0.25, -0.2) is 0 Å². The molecule has 1 N–H and O–H groups in total. The summed E-state index contributed by atoms with van der Waals surface area (Å²) in [5, 5.41) is 3.18. The molecule has 1 heterocycles. The van der Waals surface area contributed by atoms with Gasteiger partial charge in [0, 0.05) is 13.1 Å². The van der Waals surface area contributed by atoms with E-state index in [1.807, 2.05) is 6.20 Å². The second-order valence-corrected chi connectivity index (χ2v) is 1.65. The molecule has 0 aromatic rings. The minimum Gasteiger partial charge on any atom is -0.364 e. The molecule has 0 unspecified atom stereocenters. The van der Waals surface area contributed by atoms with Crippen molar-refractivity contribution >= 4 is 12.4 Å². The largest absolute Gasteiger partial charge is 0.364 e. The Balaban J connectivity index is 0.000000490. The van der Waals surface area contributed by atoms with E-state index in [1.54, 1.807) is 0 Å². The van der Waals surface area contributed by atoms with Crippen LogP contribution < -0.4 is 5.32 Å². The lowest BCUT2D eigenvalue weighted by molar-refractivity contribution is 0.463. The number of hydrogen-bond acceptors (Lipinski definition) is 2. The Kier molecular flexibility index (Phi) is 3.65. The fourth-order valence-electron chi connectivity index (χ4n) is 0.680. The van der Waals surface area contributed by atoms with Crippen molar-refractivity contribution < 1.29 is 0 Å². The van der Waals surface area contributed by atoms with Crippen LogP contribution in [-0.4, -0.2) is 24.7 Å². The molecule has 1 rings (SSSR count). The van der Waals surface area contributed by atoms with Gasteiger partial charge in [-0.05, 0) is 6.20 Å². The van der Waals surface area contributed by atoms with Gasteiger partial charge in [-0.2, -0.15) is 0 Å². The van der Waals surface area contributed by atoms with Crippen LogP contribution >= 0.6 is 12.4 Å². The van der Waals surface area contributed by atoms with Crippen molar-refractivity contribution in [2.75, 3.05) is 19.8 Å². The van der Waals surface area contributed by atoms with E-state index in [1.165, 1.54) is 0 Å². The summed E-state index contributed by atoms with van der Waals surface area (Å²) in [6, 6.07) is 0. The maximum Gasteiger partial charge on any atom is 0.0677 e. The molecule has 0 spiro atoms. The molecule has 3 heteroatoms. The molecule has 1 aliphatic heterocycles. The molecule has 8 heavy (non-hydrogen) atoms. The molecule has 0 amide bonds.